The van der Waals surface area contributed by atoms with Gasteiger partial charge in [0.2, 0.25) is 0 Å². The average molecular weight is 226 g/mol. The Kier molecular flexibility index (Phi) is 3.55. The molecule has 0 spiro atoms. The third-order valence-electron chi connectivity index (χ3n) is 2.51. The van der Waals surface area contributed by atoms with Gasteiger partial charge in [-0.3, -0.25) is 4.79 Å². The number of hydrogen-bond acceptors (Lipinski definition) is 2. The molecule has 0 saturated heterocycles. The fourth-order valence-corrected chi connectivity index (χ4v) is 1.64. The van der Waals surface area contributed by atoms with E-state index in [1.807, 2.05) is 42.5 Å². The van der Waals surface area contributed by atoms with Gasteiger partial charge in [-0.2, -0.15) is 0 Å². The molecule has 0 bridgehead atoms. The number of carbonyl (C=O) groups is 1. The number of aldehydes is 1. The van der Waals surface area contributed by atoms with Crippen LogP contribution in [0.25, 0.3) is 0 Å². The van der Waals surface area contributed by atoms with Gasteiger partial charge in [0.05, 0.1) is 0 Å². The molecule has 0 saturated carbocycles. The number of para-hydroxylation sites is 1. The molecule has 0 radical (unpaired) electrons. The molecule has 0 aromatic heterocycles. The lowest BCUT2D eigenvalue weighted by Gasteiger charge is -2.08. The highest BCUT2D eigenvalue weighted by Gasteiger charge is 2.01. The van der Waals surface area contributed by atoms with Crippen LogP contribution in [0.2, 0.25) is 0 Å². The third kappa shape index (κ3) is 2.94. The first-order valence-corrected chi connectivity index (χ1v) is 5.64. The van der Waals surface area contributed by atoms with Gasteiger partial charge in [0, 0.05) is 5.56 Å². The second-order valence-corrected chi connectivity index (χ2v) is 3.80. The largest absolute Gasteiger partial charge is 0.457 e. The Morgan fingerprint density at radius 2 is 1.82 bits per heavy atom. The molecular weight excluding hydrogens is 212 g/mol. The Labute approximate surface area is 101 Å². The standard InChI is InChI=1S/C15H14O2/c1-2-12-8-13(11-16)10-15(9-12)17-14-6-4-3-5-7-14/h3-11H,2H2,1H3. The highest BCUT2D eigenvalue weighted by atomic mass is 16.5. The van der Waals surface area contributed by atoms with E-state index in [2.05, 4.69) is 6.92 Å². The van der Waals surface area contributed by atoms with Crippen LogP contribution in [0, 0.1) is 0 Å². The fraction of sp³-hybridized carbons (Fsp3) is 0.133. The maximum absolute atomic E-state index is 10.8. The van der Waals surface area contributed by atoms with Crippen LogP contribution in [0.3, 0.4) is 0 Å². The summed E-state index contributed by atoms with van der Waals surface area (Å²) in [7, 11) is 0. The van der Waals surface area contributed by atoms with Crippen molar-refractivity contribution in [3.05, 3.63) is 59.7 Å². The van der Waals surface area contributed by atoms with Gasteiger partial charge in [0.1, 0.15) is 17.8 Å². The summed E-state index contributed by atoms with van der Waals surface area (Å²) in [5.74, 6) is 1.48. The van der Waals surface area contributed by atoms with Crippen molar-refractivity contribution in [1.82, 2.24) is 0 Å². The summed E-state index contributed by atoms with van der Waals surface area (Å²) in [6.07, 6.45) is 1.73. The van der Waals surface area contributed by atoms with Crippen molar-refractivity contribution < 1.29 is 9.53 Å². The predicted molar refractivity (Wildman–Crippen MR) is 67.7 cm³/mol. The number of rotatable bonds is 4. The number of hydrogen-bond donors (Lipinski definition) is 0. The molecule has 0 heterocycles. The molecule has 0 aliphatic heterocycles. The highest BCUT2D eigenvalue weighted by molar-refractivity contribution is 5.76. The Balaban J connectivity index is 2.29. The van der Waals surface area contributed by atoms with E-state index in [1.165, 1.54) is 0 Å². The molecule has 0 aliphatic rings. The molecule has 2 heteroatoms. The van der Waals surface area contributed by atoms with Crippen molar-refractivity contribution in [3.63, 3.8) is 0 Å². The lowest BCUT2D eigenvalue weighted by Crippen LogP contribution is -1.90. The van der Waals surface area contributed by atoms with Gasteiger partial charge in [-0.15, -0.1) is 0 Å². The van der Waals surface area contributed by atoms with Crippen LogP contribution in [-0.2, 0) is 6.42 Å². The maximum Gasteiger partial charge on any atom is 0.150 e. The molecular formula is C15H14O2. The molecule has 2 aromatic carbocycles. The van der Waals surface area contributed by atoms with Crippen LogP contribution in [0.1, 0.15) is 22.8 Å². The SMILES string of the molecule is CCc1cc(C=O)cc(Oc2ccccc2)c1. The zero-order chi connectivity index (χ0) is 12.1. The minimum absolute atomic E-state index is 0.648. The number of ether oxygens (including phenoxy) is 1. The van der Waals surface area contributed by atoms with Crippen LogP contribution in [0.15, 0.2) is 48.5 Å². The highest BCUT2D eigenvalue weighted by Crippen LogP contribution is 2.23. The van der Waals surface area contributed by atoms with Gasteiger partial charge >= 0.3 is 0 Å². The van der Waals surface area contributed by atoms with Crippen molar-refractivity contribution >= 4 is 6.29 Å². The normalized spacial score (nSPS) is 9.94. The van der Waals surface area contributed by atoms with Crippen LogP contribution in [-0.4, -0.2) is 6.29 Å². The van der Waals surface area contributed by atoms with Crippen LogP contribution >= 0.6 is 0 Å². The molecule has 86 valence electrons. The van der Waals surface area contributed by atoms with Crippen molar-refractivity contribution in [3.8, 4) is 11.5 Å². The van der Waals surface area contributed by atoms with Crippen molar-refractivity contribution in [2.45, 2.75) is 13.3 Å². The summed E-state index contributed by atoms with van der Waals surface area (Å²) in [6.45, 7) is 2.05. The number of carbonyl (C=O) groups excluding carboxylic acids is 1. The van der Waals surface area contributed by atoms with Crippen LogP contribution in [0.5, 0.6) is 11.5 Å². The first kappa shape index (κ1) is 11.4. The van der Waals surface area contributed by atoms with Crippen molar-refractivity contribution in [1.29, 1.82) is 0 Å². The first-order chi connectivity index (χ1) is 8.31. The van der Waals surface area contributed by atoms with Gasteiger partial charge < -0.3 is 4.74 Å². The zero-order valence-corrected chi connectivity index (χ0v) is 9.72. The van der Waals surface area contributed by atoms with Gasteiger partial charge in [-0.05, 0) is 42.3 Å². The Hall–Kier alpha value is -2.09. The molecule has 2 aromatic rings. The quantitative estimate of drug-likeness (QED) is 0.740. The summed E-state index contributed by atoms with van der Waals surface area (Å²) >= 11 is 0. The fourth-order valence-electron chi connectivity index (χ4n) is 1.64. The molecule has 17 heavy (non-hydrogen) atoms. The smallest absolute Gasteiger partial charge is 0.150 e. The molecule has 0 unspecified atom stereocenters. The summed E-state index contributed by atoms with van der Waals surface area (Å²) < 4.78 is 5.70. The second kappa shape index (κ2) is 5.30. The molecule has 2 rings (SSSR count). The maximum atomic E-state index is 10.8. The summed E-state index contributed by atoms with van der Waals surface area (Å²) in [5.41, 5.74) is 1.75. The topological polar surface area (TPSA) is 26.3 Å². The Morgan fingerprint density at radius 3 is 2.47 bits per heavy atom. The number of benzene rings is 2. The summed E-state index contributed by atoms with van der Waals surface area (Å²) in [4.78, 5) is 10.8. The third-order valence-corrected chi connectivity index (χ3v) is 2.51. The Bertz CT molecular complexity index is 504. The molecule has 0 fully saturated rings. The van der Waals surface area contributed by atoms with Crippen molar-refractivity contribution in [2.24, 2.45) is 0 Å². The molecule has 0 atom stereocenters. The van der Waals surface area contributed by atoms with Crippen LogP contribution in [0.4, 0.5) is 0 Å². The summed E-state index contributed by atoms with van der Waals surface area (Å²) in [5, 5.41) is 0. The van der Waals surface area contributed by atoms with Gasteiger partial charge in [0.25, 0.3) is 0 Å². The van der Waals surface area contributed by atoms with E-state index in [0.717, 1.165) is 24.0 Å². The van der Waals surface area contributed by atoms with E-state index >= 15 is 0 Å². The van der Waals surface area contributed by atoms with E-state index in [1.54, 1.807) is 6.07 Å². The minimum atomic E-state index is 0.648. The molecule has 0 amide bonds. The van der Waals surface area contributed by atoms with Gasteiger partial charge in [-0.25, -0.2) is 0 Å². The van der Waals surface area contributed by atoms with Crippen molar-refractivity contribution in [2.75, 3.05) is 0 Å². The van der Waals surface area contributed by atoms with Gasteiger partial charge in [0.15, 0.2) is 0 Å². The van der Waals surface area contributed by atoms with Gasteiger partial charge in [-0.1, -0.05) is 25.1 Å². The zero-order valence-electron chi connectivity index (χ0n) is 9.72. The molecule has 0 N–H and O–H groups in total. The number of aryl methyl sites for hydroxylation is 1. The monoisotopic (exact) mass is 226 g/mol. The summed E-state index contributed by atoms with van der Waals surface area (Å²) in [6, 6.07) is 15.1. The Morgan fingerprint density at radius 1 is 1.06 bits per heavy atom. The predicted octanol–water partition coefficient (Wildman–Crippen LogP) is 3.85. The second-order valence-electron chi connectivity index (χ2n) is 3.80. The molecule has 0 aliphatic carbocycles. The molecule has 2 nitrogen and oxygen atoms in total. The van der Waals surface area contributed by atoms with Crippen LogP contribution < -0.4 is 4.74 Å². The lowest BCUT2D eigenvalue weighted by molar-refractivity contribution is 0.112. The van der Waals surface area contributed by atoms with E-state index in [4.69, 9.17) is 4.74 Å². The van der Waals surface area contributed by atoms with E-state index in [-0.39, 0.29) is 0 Å². The average Bonchev–Trinajstić information content (AvgIpc) is 2.39. The minimum Gasteiger partial charge on any atom is -0.457 e. The van der Waals surface area contributed by atoms with E-state index in [9.17, 15) is 4.79 Å². The lowest BCUT2D eigenvalue weighted by atomic mass is 10.1. The van der Waals surface area contributed by atoms with E-state index in [0.29, 0.717) is 11.3 Å². The van der Waals surface area contributed by atoms with E-state index < -0.39 is 0 Å². The first-order valence-electron chi connectivity index (χ1n) is 5.64.